The summed E-state index contributed by atoms with van der Waals surface area (Å²) in [6, 6.07) is 13.8. The number of hydrogen-bond donors (Lipinski definition) is 1. The lowest BCUT2D eigenvalue weighted by atomic mass is 10.2. The molecule has 0 aliphatic carbocycles. The van der Waals surface area contributed by atoms with Crippen molar-refractivity contribution in [2.45, 2.75) is 0 Å². The molecule has 0 saturated heterocycles. The highest BCUT2D eigenvalue weighted by Crippen LogP contribution is 2.17. The predicted molar refractivity (Wildman–Crippen MR) is 99.1 cm³/mol. The van der Waals surface area contributed by atoms with Crippen LogP contribution in [0.4, 0.5) is 5.69 Å². The molecule has 0 atom stereocenters. The molecule has 134 valence electrons. The van der Waals surface area contributed by atoms with Crippen molar-refractivity contribution in [2.24, 2.45) is 0 Å². The molecule has 0 saturated carbocycles. The van der Waals surface area contributed by atoms with Crippen molar-refractivity contribution in [1.29, 1.82) is 0 Å². The Morgan fingerprint density at radius 2 is 1.85 bits per heavy atom. The van der Waals surface area contributed by atoms with Crippen LogP contribution in [-0.4, -0.2) is 44.0 Å². The molecule has 0 spiro atoms. The summed E-state index contributed by atoms with van der Waals surface area (Å²) in [7, 11) is 3.11. The number of benzene rings is 2. The fourth-order valence-electron chi connectivity index (χ4n) is 2.12. The summed E-state index contributed by atoms with van der Waals surface area (Å²) >= 11 is 0. The maximum absolute atomic E-state index is 12.1. The molecule has 0 aliphatic rings. The molecule has 2 aromatic rings. The second-order valence-corrected chi connectivity index (χ2v) is 5.49. The molecule has 0 radical (unpaired) electrons. The Morgan fingerprint density at radius 3 is 2.50 bits per heavy atom. The van der Waals surface area contributed by atoms with E-state index in [-0.39, 0.29) is 25.0 Å². The number of carbonyl (C=O) groups is 2. The molecular weight excluding hydrogens is 332 g/mol. The lowest BCUT2D eigenvalue weighted by Gasteiger charge is -2.17. The lowest BCUT2D eigenvalue weighted by Crippen LogP contribution is -2.37. The molecular formula is C20H20N2O4. The Balaban J connectivity index is 1.81. The van der Waals surface area contributed by atoms with Gasteiger partial charge >= 0.3 is 0 Å². The Kier molecular flexibility index (Phi) is 6.63. The summed E-state index contributed by atoms with van der Waals surface area (Å²) in [6.07, 6.45) is 5.33. The second kappa shape index (κ2) is 9.14. The van der Waals surface area contributed by atoms with Crippen molar-refractivity contribution in [2.75, 3.05) is 32.6 Å². The average Bonchev–Trinajstić information content (AvgIpc) is 2.66. The molecule has 2 rings (SSSR count). The Bertz CT molecular complexity index is 809. The molecule has 6 heteroatoms. The quantitative estimate of drug-likeness (QED) is 0.776. The van der Waals surface area contributed by atoms with E-state index in [4.69, 9.17) is 15.9 Å². The number of rotatable bonds is 7. The van der Waals surface area contributed by atoms with Gasteiger partial charge in [-0.1, -0.05) is 12.0 Å². The Hall–Kier alpha value is -3.46. The molecule has 0 aromatic heterocycles. The number of methoxy groups -OCH3 is 1. The zero-order valence-electron chi connectivity index (χ0n) is 14.7. The van der Waals surface area contributed by atoms with Crippen molar-refractivity contribution in [3.63, 3.8) is 0 Å². The third-order valence-corrected chi connectivity index (χ3v) is 3.54. The fraction of sp³-hybridized carbons (Fsp3) is 0.200. The van der Waals surface area contributed by atoms with Crippen LogP contribution in [0.3, 0.4) is 0 Å². The molecule has 0 fully saturated rings. The van der Waals surface area contributed by atoms with E-state index in [1.807, 2.05) is 0 Å². The van der Waals surface area contributed by atoms with Gasteiger partial charge in [0.2, 0.25) is 5.91 Å². The van der Waals surface area contributed by atoms with Crippen molar-refractivity contribution >= 4 is 17.5 Å². The highest BCUT2D eigenvalue weighted by Gasteiger charge is 2.14. The highest BCUT2D eigenvalue weighted by molar-refractivity contribution is 5.94. The number of amides is 2. The zero-order chi connectivity index (χ0) is 18.9. The zero-order valence-corrected chi connectivity index (χ0v) is 14.7. The average molecular weight is 352 g/mol. The maximum Gasteiger partial charge on any atom is 0.260 e. The number of anilines is 1. The number of terminal acetylenes is 1. The van der Waals surface area contributed by atoms with Crippen LogP contribution in [0.1, 0.15) is 5.56 Å². The van der Waals surface area contributed by atoms with Crippen molar-refractivity contribution in [1.82, 2.24) is 4.90 Å². The van der Waals surface area contributed by atoms with Crippen LogP contribution in [0.25, 0.3) is 0 Å². The van der Waals surface area contributed by atoms with Crippen LogP contribution in [-0.2, 0) is 9.59 Å². The van der Waals surface area contributed by atoms with E-state index in [9.17, 15) is 9.59 Å². The van der Waals surface area contributed by atoms with Crippen LogP contribution in [0.15, 0.2) is 48.5 Å². The van der Waals surface area contributed by atoms with E-state index in [1.165, 1.54) is 11.9 Å². The van der Waals surface area contributed by atoms with Gasteiger partial charge in [-0.25, -0.2) is 0 Å². The molecule has 2 aromatic carbocycles. The number of nitrogens with one attached hydrogen (secondary N) is 1. The Morgan fingerprint density at radius 1 is 1.15 bits per heavy atom. The van der Waals surface area contributed by atoms with Crippen LogP contribution >= 0.6 is 0 Å². The van der Waals surface area contributed by atoms with Gasteiger partial charge in [0.05, 0.1) is 13.7 Å². The molecule has 26 heavy (non-hydrogen) atoms. The van der Waals surface area contributed by atoms with Crippen LogP contribution < -0.4 is 14.8 Å². The van der Waals surface area contributed by atoms with Gasteiger partial charge < -0.3 is 19.7 Å². The van der Waals surface area contributed by atoms with Gasteiger partial charge in [-0.2, -0.15) is 0 Å². The van der Waals surface area contributed by atoms with E-state index in [2.05, 4.69) is 11.2 Å². The number of nitrogens with zero attached hydrogens (tertiary/aromatic N) is 1. The summed E-state index contributed by atoms with van der Waals surface area (Å²) < 4.78 is 10.5. The van der Waals surface area contributed by atoms with Crippen molar-refractivity contribution in [3.8, 4) is 23.8 Å². The molecule has 2 amide bonds. The summed E-state index contributed by atoms with van der Waals surface area (Å²) in [5, 5.41) is 2.71. The second-order valence-electron chi connectivity index (χ2n) is 5.49. The van der Waals surface area contributed by atoms with Crippen molar-refractivity contribution in [3.05, 3.63) is 54.1 Å². The topological polar surface area (TPSA) is 67.9 Å². The summed E-state index contributed by atoms with van der Waals surface area (Å²) in [5.41, 5.74) is 1.25. The molecule has 6 nitrogen and oxygen atoms in total. The molecule has 1 N–H and O–H groups in total. The van der Waals surface area contributed by atoms with Gasteiger partial charge in [0, 0.05) is 18.3 Å². The van der Waals surface area contributed by atoms with E-state index >= 15 is 0 Å². The number of likely N-dealkylation sites (N-methyl/N-ethyl adjacent to an activating group) is 1. The molecule has 0 aliphatic heterocycles. The molecule has 0 unspecified atom stereocenters. The number of carbonyl (C=O) groups excluding carboxylic acids is 2. The van der Waals surface area contributed by atoms with Crippen LogP contribution in [0.5, 0.6) is 11.5 Å². The number of hydrogen-bond acceptors (Lipinski definition) is 4. The SMILES string of the molecule is C#Cc1cccc(NC(=O)CN(C)C(=O)COc2ccc(OC)cc2)c1. The standard InChI is InChI=1S/C20H20N2O4/c1-4-15-6-5-7-16(12-15)21-19(23)13-22(2)20(24)14-26-18-10-8-17(25-3)9-11-18/h1,5-12H,13-14H2,2-3H3,(H,21,23). The normalized spacial score (nSPS) is 9.73. The largest absolute Gasteiger partial charge is 0.497 e. The summed E-state index contributed by atoms with van der Waals surface area (Å²) in [6.45, 7) is -0.256. The van der Waals surface area contributed by atoms with Gasteiger partial charge in [0.25, 0.3) is 5.91 Å². The van der Waals surface area contributed by atoms with Crippen LogP contribution in [0, 0.1) is 12.3 Å². The summed E-state index contributed by atoms with van der Waals surface area (Å²) in [4.78, 5) is 25.5. The third kappa shape index (κ3) is 5.56. The van der Waals surface area contributed by atoms with Gasteiger partial charge in [0.1, 0.15) is 11.5 Å². The first-order valence-corrected chi connectivity index (χ1v) is 7.89. The third-order valence-electron chi connectivity index (χ3n) is 3.54. The minimum absolute atomic E-state index is 0.0922. The summed E-state index contributed by atoms with van der Waals surface area (Å²) in [5.74, 6) is 3.11. The maximum atomic E-state index is 12.1. The number of ether oxygens (including phenoxy) is 2. The molecule has 0 bridgehead atoms. The van der Waals surface area contributed by atoms with E-state index in [0.717, 1.165) is 0 Å². The Labute approximate surface area is 152 Å². The van der Waals surface area contributed by atoms with E-state index in [1.54, 1.807) is 55.6 Å². The van der Waals surface area contributed by atoms with Gasteiger partial charge in [-0.15, -0.1) is 6.42 Å². The first kappa shape index (κ1) is 18.9. The monoisotopic (exact) mass is 352 g/mol. The predicted octanol–water partition coefficient (Wildman–Crippen LogP) is 2.15. The van der Waals surface area contributed by atoms with Gasteiger partial charge in [-0.05, 0) is 42.5 Å². The smallest absolute Gasteiger partial charge is 0.260 e. The van der Waals surface area contributed by atoms with E-state index in [0.29, 0.717) is 22.7 Å². The minimum Gasteiger partial charge on any atom is -0.497 e. The van der Waals surface area contributed by atoms with Gasteiger partial charge in [-0.3, -0.25) is 9.59 Å². The first-order valence-electron chi connectivity index (χ1n) is 7.89. The van der Waals surface area contributed by atoms with E-state index < -0.39 is 0 Å². The van der Waals surface area contributed by atoms with Crippen LogP contribution in [0.2, 0.25) is 0 Å². The minimum atomic E-state index is -0.320. The fourth-order valence-corrected chi connectivity index (χ4v) is 2.12. The van der Waals surface area contributed by atoms with Gasteiger partial charge in [0.15, 0.2) is 6.61 Å². The van der Waals surface area contributed by atoms with Crippen molar-refractivity contribution < 1.29 is 19.1 Å². The first-order chi connectivity index (χ1) is 12.5. The molecule has 0 heterocycles. The lowest BCUT2D eigenvalue weighted by molar-refractivity contribution is -0.135. The highest BCUT2D eigenvalue weighted by atomic mass is 16.5.